The Morgan fingerprint density at radius 3 is 2.71 bits per heavy atom. The molecule has 1 aromatic heterocycles. The van der Waals surface area contributed by atoms with Gasteiger partial charge in [0, 0.05) is 24.5 Å². The minimum Gasteiger partial charge on any atom is -0.352 e. The third-order valence-corrected chi connectivity index (χ3v) is 4.96. The number of fused-ring (bicyclic) bond motifs is 1. The first-order valence-corrected chi connectivity index (χ1v) is 8.41. The van der Waals surface area contributed by atoms with E-state index in [0.29, 0.717) is 18.6 Å². The first kappa shape index (κ1) is 14.6. The molecule has 0 aromatic carbocycles. The summed E-state index contributed by atoms with van der Waals surface area (Å²) in [5.74, 6) is 0.160. The highest BCUT2D eigenvalue weighted by Crippen LogP contribution is 2.29. The van der Waals surface area contributed by atoms with E-state index in [1.54, 1.807) is 0 Å². The molecule has 1 saturated carbocycles. The quantitative estimate of drug-likeness (QED) is 0.837. The van der Waals surface area contributed by atoms with E-state index in [9.17, 15) is 4.79 Å². The normalized spacial score (nSPS) is 22.8. The molecule has 0 aliphatic heterocycles. The molecule has 21 heavy (non-hydrogen) atoms. The monoisotopic (exact) mass is 289 g/mol. The van der Waals surface area contributed by atoms with E-state index in [1.165, 1.54) is 43.2 Å². The van der Waals surface area contributed by atoms with Gasteiger partial charge in [0.1, 0.15) is 6.54 Å². The van der Waals surface area contributed by atoms with Gasteiger partial charge in [0.15, 0.2) is 0 Å². The predicted molar refractivity (Wildman–Crippen MR) is 84.2 cm³/mol. The van der Waals surface area contributed by atoms with Crippen molar-refractivity contribution < 1.29 is 4.79 Å². The highest BCUT2D eigenvalue weighted by Gasteiger charge is 2.21. The molecule has 0 bridgehead atoms. The molecule has 0 spiro atoms. The zero-order valence-corrected chi connectivity index (χ0v) is 13.0. The van der Waals surface area contributed by atoms with E-state index < -0.39 is 0 Å². The number of nitrogens with zero attached hydrogens (tertiary/aromatic N) is 1. The summed E-state index contributed by atoms with van der Waals surface area (Å²) < 4.78 is 2.07. The summed E-state index contributed by atoms with van der Waals surface area (Å²) in [5.41, 5.74) is 2.81. The SMILES string of the molecule is CNC1CCCCc2cn(CC(=O)NC3CCCC3)cc21. The van der Waals surface area contributed by atoms with Crippen LogP contribution >= 0.6 is 0 Å². The first-order valence-electron chi connectivity index (χ1n) is 8.41. The molecule has 1 heterocycles. The Kier molecular flexibility index (Phi) is 4.63. The van der Waals surface area contributed by atoms with Gasteiger partial charge in [-0.3, -0.25) is 4.79 Å². The lowest BCUT2D eigenvalue weighted by molar-refractivity contribution is -0.122. The zero-order chi connectivity index (χ0) is 14.7. The van der Waals surface area contributed by atoms with Crippen LogP contribution in [-0.2, 0) is 17.8 Å². The highest BCUT2D eigenvalue weighted by atomic mass is 16.2. The van der Waals surface area contributed by atoms with Crippen molar-refractivity contribution in [2.75, 3.05) is 7.05 Å². The Hall–Kier alpha value is -1.29. The van der Waals surface area contributed by atoms with Crippen LogP contribution in [0.25, 0.3) is 0 Å². The summed E-state index contributed by atoms with van der Waals surface area (Å²) in [4.78, 5) is 12.2. The third kappa shape index (κ3) is 3.49. The van der Waals surface area contributed by atoms with Crippen molar-refractivity contribution in [3.05, 3.63) is 23.5 Å². The fraction of sp³-hybridized carbons (Fsp3) is 0.706. The summed E-state index contributed by atoms with van der Waals surface area (Å²) in [6.45, 7) is 0.458. The highest BCUT2D eigenvalue weighted by molar-refractivity contribution is 5.76. The topological polar surface area (TPSA) is 46.1 Å². The van der Waals surface area contributed by atoms with Crippen LogP contribution in [0, 0.1) is 0 Å². The van der Waals surface area contributed by atoms with E-state index in [-0.39, 0.29) is 5.91 Å². The van der Waals surface area contributed by atoms with Crippen LogP contribution in [0.5, 0.6) is 0 Å². The lowest BCUT2D eigenvalue weighted by Crippen LogP contribution is -2.34. The Bertz CT molecular complexity index is 488. The summed E-state index contributed by atoms with van der Waals surface area (Å²) in [6.07, 6.45) is 14.0. The molecule has 1 unspecified atom stereocenters. The Balaban J connectivity index is 1.64. The fourth-order valence-corrected chi connectivity index (χ4v) is 3.82. The molecule has 116 valence electrons. The van der Waals surface area contributed by atoms with Gasteiger partial charge >= 0.3 is 0 Å². The molecular weight excluding hydrogens is 262 g/mol. The summed E-state index contributed by atoms with van der Waals surface area (Å²) in [6, 6.07) is 0.859. The number of aromatic nitrogens is 1. The van der Waals surface area contributed by atoms with Gasteiger partial charge in [0.2, 0.25) is 5.91 Å². The molecule has 2 aliphatic carbocycles. The van der Waals surface area contributed by atoms with Crippen molar-refractivity contribution in [2.24, 2.45) is 0 Å². The van der Waals surface area contributed by atoms with Crippen LogP contribution in [0.15, 0.2) is 12.4 Å². The van der Waals surface area contributed by atoms with Gasteiger partial charge in [-0.25, -0.2) is 0 Å². The Morgan fingerprint density at radius 1 is 1.19 bits per heavy atom. The molecule has 2 N–H and O–H groups in total. The summed E-state index contributed by atoms with van der Waals surface area (Å²) in [7, 11) is 2.03. The van der Waals surface area contributed by atoms with Gasteiger partial charge in [-0.05, 0) is 50.3 Å². The first-order chi connectivity index (χ1) is 10.3. The molecule has 4 heteroatoms. The summed E-state index contributed by atoms with van der Waals surface area (Å²) in [5, 5.41) is 6.58. The van der Waals surface area contributed by atoms with Crippen molar-refractivity contribution in [1.82, 2.24) is 15.2 Å². The standard InChI is InChI=1S/C17H27N3O/c1-18-16-9-5-2-6-13-10-20(11-15(13)16)12-17(21)19-14-7-3-4-8-14/h10-11,14,16,18H,2-9,12H2,1H3,(H,19,21). The lowest BCUT2D eigenvalue weighted by atomic mass is 10.1. The van der Waals surface area contributed by atoms with Crippen molar-refractivity contribution >= 4 is 5.91 Å². The molecule has 4 nitrogen and oxygen atoms in total. The molecule has 2 aliphatic rings. The van der Waals surface area contributed by atoms with Crippen LogP contribution in [0.3, 0.4) is 0 Å². The number of hydrogen-bond donors (Lipinski definition) is 2. The van der Waals surface area contributed by atoms with E-state index in [0.717, 1.165) is 19.3 Å². The number of rotatable bonds is 4. The van der Waals surface area contributed by atoms with Gasteiger partial charge in [-0.15, -0.1) is 0 Å². The maximum Gasteiger partial charge on any atom is 0.240 e. The number of carbonyl (C=O) groups is 1. The third-order valence-electron chi connectivity index (χ3n) is 4.96. The van der Waals surface area contributed by atoms with Crippen molar-refractivity contribution in [1.29, 1.82) is 0 Å². The Labute approximate surface area is 127 Å². The minimum absolute atomic E-state index is 0.160. The second kappa shape index (κ2) is 6.65. The minimum atomic E-state index is 0.160. The molecular formula is C17H27N3O. The van der Waals surface area contributed by atoms with Crippen molar-refractivity contribution in [2.45, 2.75) is 70.0 Å². The second-order valence-electron chi connectivity index (χ2n) is 6.55. The van der Waals surface area contributed by atoms with Gasteiger partial charge in [-0.2, -0.15) is 0 Å². The van der Waals surface area contributed by atoms with Gasteiger partial charge in [-0.1, -0.05) is 19.3 Å². The van der Waals surface area contributed by atoms with Crippen LogP contribution in [0.2, 0.25) is 0 Å². The molecule has 1 aromatic rings. The van der Waals surface area contributed by atoms with Crippen LogP contribution in [0.4, 0.5) is 0 Å². The maximum absolute atomic E-state index is 12.2. The zero-order valence-electron chi connectivity index (χ0n) is 13.0. The largest absolute Gasteiger partial charge is 0.352 e. The van der Waals surface area contributed by atoms with Crippen molar-refractivity contribution in [3.63, 3.8) is 0 Å². The number of nitrogens with one attached hydrogen (secondary N) is 2. The molecule has 0 saturated heterocycles. The second-order valence-corrected chi connectivity index (χ2v) is 6.55. The van der Waals surface area contributed by atoms with E-state index in [4.69, 9.17) is 0 Å². The van der Waals surface area contributed by atoms with Crippen LogP contribution < -0.4 is 10.6 Å². The van der Waals surface area contributed by atoms with E-state index in [2.05, 4.69) is 27.6 Å². The molecule has 0 radical (unpaired) electrons. The number of amides is 1. The van der Waals surface area contributed by atoms with E-state index >= 15 is 0 Å². The molecule has 1 atom stereocenters. The molecule has 1 amide bonds. The predicted octanol–water partition coefficient (Wildman–Crippen LogP) is 2.53. The van der Waals surface area contributed by atoms with Crippen LogP contribution in [-0.4, -0.2) is 23.6 Å². The van der Waals surface area contributed by atoms with Gasteiger partial charge < -0.3 is 15.2 Å². The average Bonchev–Trinajstić information content (AvgIpc) is 3.06. The fourth-order valence-electron chi connectivity index (χ4n) is 3.82. The molecule has 3 rings (SSSR count). The van der Waals surface area contributed by atoms with Crippen molar-refractivity contribution in [3.8, 4) is 0 Å². The molecule has 1 fully saturated rings. The number of carbonyl (C=O) groups excluding carboxylic acids is 1. The average molecular weight is 289 g/mol. The lowest BCUT2D eigenvalue weighted by Gasteiger charge is -2.14. The maximum atomic E-state index is 12.2. The van der Waals surface area contributed by atoms with Gasteiger partial charge in [0.05, 0.1) is 0 Å². The van der Waals surface area contributed by atoms with E-state index in [1.807, 2.05) is 7.05 Å². The smallest absolute Gasteiger partial charge is 0.240 e. The van der Waals surface area contributed by atoms with Crippen LogP contribution in [0.1, 0.15) is 62.1 Å². The summed E-state index contributed by atoms with van der Waals surface area (Å²) >= 11 is 0. The number of hydrogen-bond acceptors (Lipinski definition) is 2. The number of aryl methyl sites for hydroxylation is 1. The Morgan fingerprint density at radius 2 is 1.95 bits per heavy atom. The van der Waals surface area contributed by atoms with Gasteiger partial charge in [0.25, 0.3) is 0 Å².